The Morgan fingerprint density at radius 1 is 1.16 bits per heavy atom. The molecule has 0 spiro atoms. The maximum atomic E-state index is 13.0. The van der Waals surface area contributed by atoms with E-state index in [4.69, 9.17) is 23.7 Å². The van der Waals surface area contributed by atoms with Crippen LogP contribution in [0.15, 0.2) is 51.9 Å². The van der Waals surface area contributed by atoms with Gasteiger partial charge in [0.25, 0.3) is 5.91 Å². The predicted octanol–water partition coefficient (Wildman–Crippen LogP) is 4.70. The number of nitro groups is 1. The van der Waals surface area contributed by atoms with Gasteiger partial charge in [-0.05, 0) is 69.8 Å². The van der Waals surface area contributed by atoms with Gasteiger partial charge >= 0.3 is 13.7 Å². The predicted molar refractivity (Wildman–Crippen MR) is 145 cm³/mol. The normalized spacial score (nSPS) is 12.1. The van der Waals surface area contributed by atoms with Gasteiger partial charge in [0.05, 0.1) is 22.8 Å². The van der Waals surface area contributed by atoms with Gasteiger partial charge in [0, 0.05) is 11.1 Å². The molecule has 0 fully saturated rings. The van der Waals surface area contributed by atoms with Crippen LogP contribution in [-0.2, 0) is 4.57 Å². The Morgan fingerprint density at radius 3 is 2.42 bits per heavy atom. The molecule has 0 bridgehead atoms. The van der Waals surface area contributed by atoms with Crippen LogP contribution in [0.1, 0.15) is 55.4 Å². The van der Waals surface area contributed by atoms with Crippen molar-refractivity contribution in [1.82, 2.24) is 9.88 Å². The molecule has 12 nitrogen and oxygen atoms in total. The molecule has 0 aliphatic rings. The summed E-state index contributed by atoms with van der Waals surface area (Å²) >= 11 is 0. The molecule has 2 aromatic heterocycles. The van der Waals surface area contributed by atoms with Gasteiger partial charge in [0.15, 0.2) is 0 Å². The number of pyridine rings is 1. The van der Waals surface area contributed by atoms with Gasteiger partial charge < -0.3 is 24.0 Å². The van der Waals surface area contributed by atoms with Crippen molar-refractivity contribution < 1.29 is 33.4 Å². The molecule has 13 heteroatoms. The minimum Gasteiger partial charge on any atom is -0.401 e. The van der Waals surface area contributed by atoms with Crippen molar-refractivity contribution in [2.75, 3.05) is 19.6 Å². The first kappa shape index (κ1) is 30.7. The highest BCUT2D eigenvalue weighted by molar-refractivity contribution is 7.45. The summed E-state index contributed by atoms with van der Waals surface area (Å²) in [6.45, 7) is 9.16. The molecule has 1 aromatic carbocycles. The molecule has 0 aliphatic carbocycles. The average molecular weight is 547 g/mol. The fourth-order valence-electron chi connectivity index (χ4n) is 3.54. The molecular weight excluding hydrogens is 515 g/mol. The SMILES string of the molecule is CCN(CC)CCCC(C)=NC(=O)c1cc(C=Cc2ccc([N+](=O)[O-])o2)nc2ccccc12.O=P(O)(O)O. The van der Waals surface area contributed by atoms with Gasteiger partial charge in [0.2, 0.25) is 0 Å². The Balaban J connectivity index is 0.000000926. The summed E-state index contributed by atoms with van der Waals surface area (Å²) in [5.41, 5.74) is 2.47. The van der Waals surface area contributed by atoms with E-state index in [0.717, 1.165) is 43.6 Å². The number of phosphoric acid groups is 1. The number of fused-ring (bicyclic) bond motifs is 1. The maximum absolute atomic E-state index is 13.0. The van der Waals surface area contributed by atoms with Crippen LogP contribution in [-0.4, -0.2) is 60.7 Å². The Kier molecular flexibility index (Phi) is 11.6. The molecule has 204 valence electrons. The van der Waals surface area contributed by atoms with Crippen molar-refractivity contribution in [2.45, 2.75) is 33.6 Å². The molecule has 3 rings (SSSR count). The van der Waals surface area contributed by atoms with E-state index in [9.17, 15) is 14.9 Å². The molecule has 2 heterocycles. The lowest BCUT2D eigenvalue weighted by Gasteiger charge is -2.17. The standard InChI is InChI=1S/C25H28N4O4.H3O4P/c1-4-28(5-2)16-8-9-18(3)26-25(30)22-17-19(27-23-11-7-6-10-21(22)23)12-13-20-14-15-24(33-20)29(31)32;1-5(2,3)4/h6-7,10-15,17H,4-5,8-9,16H2,1-3H3;(H3,1,2,3,4). The third kappa shape index (κ3) is 10.4. The molecule has 38 heavy (non-hydrogen) atoms. The minimum absolute atomic E-state index is 0.308. The van der Waals surface area contributed by atoms with Crippen LogP contribution in [0.4, 0.5) is 5.88 Å². The molecule has 3 N–H and O–H groups in total. The topological polar surface area (TPSA) is 180 Å². The van der Waals surface area contributed by atoms with Gasteiger partial charge in [0.1, 0.15) is 10.7 Å². The summed E-state index contributed by atoms with van der Waals surface area (Å²) in [5, 5.41) is 11.5. The smallest absolute Gasteiger partial charge is 0.401 e. The number of hydrogen-bond acceptors (Lipinski definition) is 7. The first-order valence-electron chi connectivity index (χ1n) is 11.8. The Hall–Kier alpha value is -3.54. The number of aromatic nitrogens is 1. The zero-order valence-electron chi connectivity index (χ0n) is 21.4. The zero-order valence-corrected chi connectivity index (χ0v) is 22.2. The molecule has 0 atom stereocenters. The summed E-state index contributed by atoms with van der Waals surface area (Å²) in [7, 11) is -4.64. The zero-order chi connectivity index (χ0) is 28.3. The Labute approximate surface area is 219 Å². The molecule has 0 saturated heterocycles. The number of aliphatic imine (C=N–C) groups is 1. The fourth-order valence-corrected chi connectivity index (χ4v) is 3.54. The second kappa shape index (κ2) is 14.4. The quantitative estimate of drug-likeness (QED) is 0.140. The molecule has 0 aliphatic heterocycles. The number of carbonyl (C=O) groups is 1. The Bertz CT molecular complexity index is 1350. The van der Waals surface area contributed by atoms with Crippen LogP contribution in [0.3, 0.4) is 0 Å². The van der Waals surface area contributed by atoms with Crippen LogP contribution < -0.4 is 0 Å². The van der Waals surface area contributed by atoms with Crippen LogP contribution in [0.25, 0.3) is 23.1 Å². The van der Waals surface area contributed by atoms with E-state index in [1.807, 2.05) is 31.2 Å². The van der Waals surface area contributed by atoms with Crippen molar-refractivity contribution in [1.29, 1.82) is 0 Å². The van der Waals surface area contributed by atoms with Gasteiger partial charge in [-0.3, -0.25) is 14.9 Å². The van der Waals surface area contributed by atoms with E-state index in [1.165, 1.54) is 12.1 Å². The number of amides is 1. The number of para-hydroxylation sites is 1. The lowest BCUT2D eigenvalue weighted by molar-refractivity contribution is -0.402. The van der Waals surface area contributed by atoms with Crippen LogP contribution in [0.5, 0.6) is 0 Å². The lowest BCUT2D eigenvalue weighted by Crippen LogP contribution is -2.24. The van der Waals surface area contributed by atoms with E-state index in [-0.39, 0.29) is 11.8 Å². The third-order valence-electron chi connectivity index (χ3n) is 5.38. The van der Waals surface area contributed by atoms with E-state index < -0.39 is 12.7 Å². The molecule has 1 amide bonds. The van der Waals surface area contributed by atoms with Crippen molar-refractivity contribution >= 4 is 48.4 Å². The number of furan rings is 1. The second-order valence-corrected chi connectivity index (χ2v) is 9.20. The van der Waals surface area contributed by atoms with Gasteiger partial charge in [-0.25, -0.2) is 14.5 Å². The molecule has 0 unspecified atom stereocenters. The van der Waals surface area contributed by atoms with Crippen LogP contribution >= 0.6 is 7.82 Å². The van der Waals surface area contributed by atoms with Gasteiger partial charge in [-0.15, -0.1) is 0 Å². The Morgan fingerprint density at radius 2 is 1.82 bits per heavy atom. The number of rotatable bonds is 10. The van der Waals surface area contributed by atoms with E-state index in [1.54, 1.807) is 18.2 Å². The van der Waals surface area contributed by atoms with E-state index in [0.29, 0.717) is 22.5 Å². The second-order valence-electron chi connectivity index (χ2n) is 8.17. The highest BCUT2D eigenvalue weighted by Crippen LogP contribution is 2.26. The van der Waals surface area contributed by atoms with Crippen LogP contribution in [0.2, 0.25) is 0 Å². The minimum atomic E-state index is -4.64. The average Bonchev–Trinajstić information content (AvgIpc) is 3.33. The van der Waals surface area contributed by atoms with Crippen molar-refractivity contribution in [3.8, 4) is 0 Å². The largest absolute Gasteiger partial charge is 0.466 e. The molecule has 0 radical (unpaired) electrons. The van der Waals surface area contributed by atoms with Gasteiger partial charge in [-0.1, -0.05) is 32.0 Å². The first-order valence-corrected chi connectivity index (χ1v) is 13.4. The fraction of sp³-hybridized carbons (Fsp3) is 0.320. The summed E-state index contributed by atoms with van der Waals surface area (Å²) < 4.78 is 14.0. The number of carbonyl (C=O) groups excluding carboxylic acids is 1. The molecule has 0 saturated carbocycles. The van der Waals surface area contributed by atoms with E-state index >= 15 is 0 Å². The summed E-state index contributed by atoms with van der Waals surface area (Å²) in [6.07, 6.45) is 4.95. The third-order valence-corrected chi connectivity index (χ3v) is 5.38. The van der Waals surface area contributed by atoms with Crippen molar-refractivity contribution in [3.63, 3.8) is 0 Å². The first-order chi connectivity index (χ1) is 17.9. The number of benzene rings is 1. The van der Waals surface area contributed by atoms with Crippen molar-refractivity contribution in [3.05, 3.63) is 69.6 Å². The van der Waals surface area contributed by atoms with Gasteiger partial charge in [-0.2, -0.15) is 0 Å². The van der Waals surface area contributed by atoms with E-state index in [2.05, 4.69) is 28.7 Å². The van der Waals surface area contributed by atoms with Crippen molar-refractivity contribution in [2.24, 2.45) is 4.99 Å². The number of nitrogens with zero attached hydrogens (tertiary/aromatic N) is 4. The molecule has 3 aromatic rings. The highest BCUT2D eigenvalue weighted by Gasteiger charge is 2.13. The van der Waals surface area contributed by atoms with Crippen LogP contribution in [0, 0.1) is 10.1 Å². The summed E-state index contributed by atoms with van der Waals surface area (Å²) in [4.78, 5) is 56.1. The maximum Gasteiger partial charge on any atom is 0.466 e. The molecular formula is C25H31N4O8P. The lowest BCUT2D eigenvalue weighted by atomic mass is 10.1. The monoisotopic (exact) mass is 546 g/mol. The summed E-state index contributed by atoms with van der Waals surface area (Å²) in [5.74, 6) is -0.313. The summed E-state index contributed by atoms with van der Waals surface area (Å²) in [6, 6.07) is 11.9. The number of hydrogen-bond donors (Lipinski definition) is 3. The highest BCUT2D eigenvalue weighted by atomic mass is 31.2.